The average Bonchev–Trinajstić information content (AvgIpc) is 2.94. The maximum absolute atomic E-state index is 5.65. The van der Waals surface area contributed by atoms with Gasteiger partial charge in [-0.05, 0) is 12.1 Å². The number of nitrogens with zero attached hydrogens (tertiary/aromatic N) is 2. The number of aryl methyl sites for hydroxylation is 1. The first kappa shape index (κ1) is 12.3. The Labute approximate surface area is 105 Å². The van der Waals surface area contributed by atoms with Crippen molar-refractivity contribution in [3.05, 3.63) is 22.9 Å². The molecule has 0 radical (unpaired) electrons. The van der Waals surface area contributed by atoms with Crippen LogP contribution in [-0.4, -0.2) is 16.2 Å². The van der Waals surface area contributed by atoms with Crippen molar-refractivity contribution in [3.63, 3.8) is 0 Å². The molecule has 0 unspecified atom stereocenters. The third-order valence-electron chi connectivity index (χ3n) is 2.35. The Hall–Kier alpha value is -1.20. The minimum absolute atomic E-state index is 0.456. The van der Waals surface area contributed by atoms with Crippen molar-refractivity contribution >= 4 is 11.3 Å². The lowest BCUT2D eigenvalue weighted by Gasteiger charge is -2.03. The van der Waals surface area contributed by atoms with E-state index in [1.54, 1.807) is 11.3 Å². The summed E-state index contributed by atoms with van der Waals surface area (Å²) in [6.07, 6.45) is 0.903. The SMILES string of the molecule is CCc1ccc(-c2nnc(CNC(C)C)s2)o1. The second kappa shape index (κ2) is 5.42. The van der Waals surface area contributed by atoms with Crippen molar-refractivity contribution < 1.29 is 4.42 Å². The number of rotatable bonds is 5. The Balaban J connectivity index is 2.07. The van der Waals surface area contributed by atoms with Crippen molar-refractivity contribution in [2.24, 2.45) is 0 Å². The summed E-state index contributed by atoms with van der Waals surface area (Å²) < 4.78 is 5.65. The average molecular weight is 251 g/mol. The molecule has 0 saturated heterocycles. The molecule has 92 valence electrons. The molecule has 0 atom stereocenters. The fourth-order valence-corrected chi connectivity index (χ4v) is 2.15. The van der Waals surface area contributed by atoms with E-state index in [1.807, 2.05) is 12.1 Å². The lowest BCUT2D eigenvalue weighted by molar-refractivity contribution is 0.528. The number of furan rings is 1. The van der Waals surface area contributed by atoms with E-state index < -0.39 is 0 Å². The van der Waals surface area contributed by atoms with Gasteiger partial charge in [-0.15, -0.1) is 10.2 Å². The highest BCUT2D eigenvalue weighted by atomic mass is 32.1. The maximum Gasteiger partial charge on any atom is 0.183 e. The van der Waals surface area contributed by atoms with Crippen LogP contribution in [0, 0.1) is 0 Å². The molecule has 0 fully saturated rings. The largest absolute Gasteiger partial charge is 0.459 e. The number of aromatic nitrogens is 2. The number of nitrogens with one attached hydrogen (secondary N) is 1. The van der Waals surface area contributed by atoms with Crippen molar-refractivity contribution in [2.45, 2.75) is 39.8 Å². The van der Waals surface area contributed by atoms with Crippen LogP contribution in [0.3, 0.4) is 0 Å². The third-order valence-corrected chi connectivity index (χ3v) is 3.29. The molecule has 0 aliphatic carbocycles. The molecule has 0 saturated carbocycles. The topological polar surface area (TPSA) is 51.0 Å². The van der Waals surface area contributed by atoms with E-state index in [4.69, 9.17) is 4.42 Å². The van der Waals surface area contributed by atoms with Gasteiger partial charge in [-0.25, -0.2) is 0 Å². The smallest absolute Gasteiger partial charge is 0.183 e. The predicted molar refractivity (Wildman–Crippen MR) is 69.0 cm³/mol. The van der Waals surface area contributed by atoms with E-state index in [0.29, 0.717) is 6.04 Å². The number of hydrogen-bond donors (Lipinski definition) is 1. The first-order chi connectivity index (χ1) is 8.19. The Bertz CT molecular complexity index is 476. The summed E-state index contributed by atoms with van der Waals surface area (Å²) in [6.45, 7) is 7.06. The minimum atomic E-state index is 0.456. The first-order valence-electron chi connectivity index (χ1n) is 5.84. The quantitative estimate of drug-likeness (QED) is 0.887. The molecule has 5 heteroatoms. The van der Waals surface area contributed by atoms with Gasteiger partial charge in [0.25, 0.3) is 0 Å². The van der Waals surface area contributed by atoms with E-state index in [1.165, 1.54) is 0 Å². The number of hydrogen-bond acceptors (Lipinski definition) is 5. The van der Waals surface area contributed by atoms with Gasteiger partial charge in [0.05, 0.1) is 0 Å². The lowest BCUT2D eigenvalue weighted by atomic mass is 10.4. The fourth-order valence-electron chi connectivity index (χ4n) is 1.40. The summed E-state index contributed by atoms with van der Waals surface area (Å²) in [5.74, 6) is 1.80. The summed E-state index contributed by atoms with van der Waals surface area (Å²) in [7, 11) is 0. The van der Waals surface area contributed by atoms with E-state index in [0.717, 1.165) is 34.5 Å². The first-order valence-corrected chi connectivity index (χ1v) is 6.65. The molecule has 0 bridgehead atoms. The van der Waals surface area contributed by atoms with Crippen LogP contribution >= 0.6 is 11.3 Å². The maximum atomic E-state index is 5.65. The highest BCUT2D eigenvalue weighted by Gasteiger charge is 2.10. The van der Waals surface area contributed by atoms with Crippen LogP contribution in [0.1, 0.15) is 31.5 Å². The summed E-state index contributed by atoms with van der Waals surface area (Å²) in [5.41, 5.74) is 0. The molecular formula is C12H17N3OS. The molecule has 0 aromatic carbocycles. The van der Waals surface area contributed by atoms with Crippen LogP contribution in [0.2, 0.25) is 0 Å². The van der Waals surface area contributed by atoms with Crippen LogP contribution in [0.4, 0.5) is 0 Å². The molecular weight excluding hydrogens is 234 g/mol. The minimum Gasteiger partial charge on any atom is -0.459 e. The Morgan fingerprint density at radius 2 is 2.18 bits per heavy atom. The molecule has 2 rings (SSSR count). The van der Waals surface area contributed by atoms with Gasteiger partial charge in [0, 0.05) is 19.0 Å². The molecule has 2 aromatic heterocycles. The molecule has 0 amide bonds. The van der Waals surface area contributed by atoms with Crippen LogP contribution in [0.15, 0.2) is 16.5 Å². The van der Waals surface area contributed by atoms with Gasteiger partial charge in [-0.3, -0.25) is 0 Å². The van der Waals surface area contributed by atoms with Crippen molar-refractivity contribution in [1.82, 2.24) is 15.5 Å². The van der Waals surface area contributed by atoms with Gasteiger partial charge in [-0.1, -0.05) is 32.1 Å². The fraction of sp³-hybridized carbons (Fsp3) is 0.500. The van der Waals surface area contributed by atoms with Gasteiger partial charge >= 0.3 is 0 Å². The lowest BCUT2D eigenvalue weighted by Crippen LogP contribution is -2.21. The van der Waals surface area contributed by atoms with Crippen LogP contribution in [0.5, 0.6) is 0 Å². The van der Waals surface area contributed by atoms with E-state index >= 15 is 0 Å². The molecule has 17 heavy (non-hydrogen) atoms. The van der Waals surface area contributed by atoms with Crippen molar-refractivity contribution in [1.29, 1.82) is 0 Å². The van der Waals surface area contributed by atoms with E-state index in [2.05, 4.69) is 36.3 Å². The van der Waals surface area contributed by atoms with Gasteiger partial charge < -0.3 is 9.73 Å². The zero-order chi connectivity index (χ0) is 12.3. The van der Waals surface area contributed by atoms with Crippen molar-refractivity contribution in [3.8, 4) is 10.8 Å². The Morgan fingerprint density at radius 3 is 2.82 bits per heavy atom. The summed E-state index contributed by atoms with van der Waals surface area (Å²) in [5, 5.41) is 13.5. The molecule has 0 aliphatic rings. The third kappa shape index (κ3) is 3.14. The molecule has 2 aromatic rings. The summed E-state index contributed by atoms with van der Waals surface area (Å²) in [6, 6.07) is 4.40. The Morgan fingerprint density at radius 1 is 1.35 bits per heavy atom. The normalized spacial score (nSPS) is 11.3. The van der Waals surface area contributed by atoms with Gasteiger partial charge in [0.15, 0.2) is 10.8 Å². The molecule has 4 nitrogen and oxygen atoms in total. The standard InChI is InChI=1S/C12H17N3OS/c1-4-9-5-6-10(16-9)12-15-14-11(17-12)7-13-8(2)3/h5-6,8,13H,4,7H2,1-3H3. The van der Waals surface area contributed by atoms with Gasteiger partial charge in [0.2, 0.25) is 0 Å². The zero-order valence-electron chi connectivity index (χ0n) is 10.4. The molecule has 0 spiro atoms. The predicted octanol–water partition coefficient (Wildman–Crippen LogP) is 2.86. The molecule has 0 aliphatic heterocycles. The highest BCUT2D eigenvalue weighted by molar-refractivity contribution is 7.14. The zero-order valence-corrected chi connectivity index (χ0v) is 11.2. The van der Waals surface area contributed by atoms with Crippen LogP contribution in [0.25, 0.3) is 10.8 Å². The van der Waals surface area contributed by atoms with E-state index in [-0.39, 0.29) is 0 Å². The Kier molecular flexibility index (Phi) is 3.91. The van der Waals surface area contributed by atoms with Crippen LogP contribution < -0.4 is 5.32 Å². The second-order valence-corrected chi connectivity index (χ2v) is 5.22. The summed E-state index contributed by atoms with van der Waals surface area (Å²) >= 11 is 1.57. The van der Waals surface area contributed by atoms with E-state index in [9.17, 15) is 0 Å². The second-order valence-electron chi connectivity index (χ2n) is 4.16. The molecule has 1 N–H and O–H groups in total. The van der Waals surface area contributed by atoms with Crippen molar-refractivity contribution in [2.75, 3.05) is 0 Å². The van der Waals surface area contributed by atoms with Crippen LogP contribution in [-0.2, 0) is 13.0 Å². The monoisotopic (exact) mass is 251 g/mol. The highest BCUT2D eigenvalue weighted by Crippen LogP contribution is 2.25. The molecule has 2 heterocycles. The van der Waals surface area contributed by atoms with Gasteiger partial charge in [0.1, 0.15) is 10.8 Å². The summed E-state index contributed by atoms with van der Waals surface area (Å²) in [4.78, 5) is 0. The van der Waals surface area contributed by atoms with Gasteiger partial charge in [-0.2, -0.15) is 0 Å².